The van der Waals surface area contributed by atoms with Crippen molar-refractivity contribution in [1.29, 1.82) is 0 Å². The van der Waals surface area contributed by atoms with E-state index in [2.05, 4.69) is 5.32 Å². The molecule has 0 saturated carbocycles. The zero-order valence-corrected chi connectivity index (χ0v) is 6.18. The van der Waals surface area contributed by atoms with Crippen molar-refractivity contribution in [2.24, 2.45) is 0 Å². The van der Waals surface area contributed by atoms with Crippen LogP contribution in [0.15, 0.2) is 12.3 Å². The number of carbonyl (C=O) groups excluding carboxylic acids is 2. The van der Waals surface area contributed by atoms with E-state index in [1.807, 2.05) is 13.8 Å². The maximum atomic E-state index is 10.3. The molecule has 1 aliphatic heterocycles. The third-order valence-corrected chi connectivity index (χ3v) is 0.889. The van der Waals surface area contributed by atoms with Gasteiger partial charge in [0.25, 0.3) is 5.91 Å². The quantitative estimate of drug-likeness (QED) is 0.502. The summed E-state index contributed by atoms with van der Waals surface area (Å²) in [6.07, 6.45) is 3.33. The Morgan fingerprint density at radius 1 is 1.40 bits per heavy atom. The molecule has 0 aliphatic carbocycles. The van der Waals surface area contributed by atoms with Crippen molar-refractivity contribution in [2.45, 2.75) is 20.3 Å². The van der Waals surface area contributed by atoms with E-state index in [4.69, 9.17) is 0 Å². The van der Waals surface area contributed by atoms with Gasteiger partial charge in [-0.15, -0.1) is 0 Å². The lowest BCUT2D eigenvalue weighted by atomic mass is 10.2. The lowest BCUT2D eigenvalue weighted by Crippen LogP contribution is -2.29. The molecule has 0 fully saturated rings. The second-order valence-corrected chi connectivity index (χ2v) is 1.50. The van der Waals surface area contributed by atoms with Gasteiger partial charge in [0, 0.05) is 12.6 Å². The lowest BCUT2D eigenvalue weighted by Gasteiger charge is -2.00. The monoisotopic (exact) mass is 141 g/mol. The average Bonchev–Trinajstić information content (AvgIpc) is 2.00. The highest BCUT2D eigenvalue weighted by Gasteiger charge is 2.12. The normalized spacial score (nSPS) is 15.4. The van der Waals surface area contributed by atoms with Gasteiger partial charge in [-0.1, -0.05) is 19.9 Å². The van der Waals surface area contributed by atoms with Crippen LogP contribution in [-0.4, -0.2) is 11.7 Å². The van der Waals surface area contributed by atoms with Gasteiger partial charge in [0.15, 0.2) is 0 Å². The predicted octanol–water partition coefficient (Wildman–Crippen LogP) is 0.615. The van der Waals surface area contributed by atoms with Crippen LogP contribution in [0.3, 0.4) is 0 Å². The maximum absolute atomic E-state index is 10.3. The van der Waals surface area contributed by atoms with E-state index in [9.17, 15) is 9.59 Å². The Morgan fingerprint density at radius 3 is 2.30 bits per heavy atom. The fourth-order valence-electron chi connectivity index (χ4n) is 0.474. The number of hydrogen-bond donors (Lipinski definition) is 1. The smallest absolute Gasteiger partial charge is 0.291 e. The van der Waals surface area contributed by atoms with E-state index in [0.29, 0.717) is 0 Å². The van der Waals surface area contributed by atoms with Crippen LogP contribution >= 0.6 is 0 Å². The first-order valence-corrected chi connectivity index (χ1v) is 3.29. The van der Waals surface area contributed by atoms with Crippen LogP contribution < -0.4 is 5.32 Å². The molecule has 1 amide bonds. The summed E-state index contributed by atoms with van der Waals surface area (Å²) in [5.74, 6) is -0.875. The maximum Gasteiger partial charge on any atom is 0.291 e. The van der Waals surface area contributed by atoms with Crippen molar-refractivity contribution >= 4 is 11.7 Å². The SMILES string of the molecule is CC.O=C1CC=CNC1=O. The minimum Gasteiger partial charge on any atom is -0.326 e. The Kier molecular flexibility index (Phi) is 4.20. The molecule has 0 radical (unpaired) electrons. The summed E-state index contributed by atoms with van der Waals surface area (Å²) < 4.78 is 0. The van der Waals surface area contributed by atoms with Crippen molar-refractivity contribution in [3.8, 4) is 0 Å². The second kappa shape index (κ2) is 4.73. The molecule has 0 saturated heterocycles. The molecule has 3 nitrogen and oxygen atoms in total. The van der Waals surface area contributed by atoms with Crippen LogP contribution in [-0.2, 0) is 9.59 Å². The molecule has 0 aromatic heterocycles. The molecule has 0 unspecified atom stereocenters. The number of amides is 1. The van der Waals surface area contributed by atoms with Gasteiger partial charge in [-0.3, -0.25) is 9.59 Å². The molecule has 1 heterocycles. The van der Waals surface area contributed by atoms with Crippen LogP contribution in [0.25, 0.3) is 0 Å². The Labute approximate surface area is 60.1 Å². The van der Waals surface area contributed by atoms with E-state index < -0.39 is 5.91 Å². The summed E-state index contributed by atoms with van der Waals surface area (Å²) in [4.78, 5) is 20.6. The molecular weight excluding hydrogens is 130 g/mol. The first kappa shape index (κ1) is 8.88. The van der Waals surface area contributed by atoms with Crippen LogP contribution in [0.4, 0.5) is 0 Å². The van der Waals surface area contributed by atoms with Crippen LogP contribution in [0.1, 0.15) is 20.3 Å². The summed E-state index contributed by atoms with van der Waals surface area (Å²) >= 11 is 0. The molecule has 1 aliphatic rings. The highest BCUT2D eigenvalue weighted by Crippen LogP contribution is 1.90. The lowest BCUT2D eigenvalue weighted by molar-refractivity contribution is -0.137. The van der Waals surface area contributed by atoms with Gasteiger partial charge >= 0.3 is 0 Å². The number of rotatable bonds is 0. The number of carbonyl (C=O) groups is 2. The van der Waals surface area contributed by atoms with E-state index in [1.165, 1.54) is 6.20 Å². The standard InChI is InChI=1S/C5H5NO2.C2H6/c7-4-2-1-3-6-5(4)8;1-2/h1,3H,2H2,(H,6,8);1-2H3. The van der Waals surface area contributed by atoms with Gasteiger partial charge < -0.3 is 5.32 Å². The van der Waals surface area contributed by atoms with Gasteiger partial charge in [0.2, 0.25) is 5.78 Å². The highest BCUT2D eigenvalue weighted by atomic mass is 16.2. The molecule has 1 N–H and O–H groups in total. The molecule has 0 spiro atoms. The zero-order chi connectivity index (χ0) is 7.98. The molecule has 56 valence electrons. The fourth-order valence-corrected chi connectivity index (χ4v) is 0.474. The van der Waals surface area contributed by atoms with Crippen molar-refractivity contribution in [3.63, 3.8) is 0 Å². The van der Waals surface area contributed by atoms with Crippen molar-refractivity contribution in [2.75, 3.05) is 0 Å². The summed E-state index contributed by atoms with van der Waals surface area (Å²) in [6.45, 7) is 4.00. The van der Waals surface area contributed by atoms with E-state index >= 15 is 0 Å². The molecule has 0 aromatic carbocycles. The molecule has 3 heteroatoms. The fraction of sp³-hybridized carbons (Fsp3) is 0.429. The largest absolute Gasteiger partial charge is 0.326 e. The molecule has 0 aromatic rings. The van der Waals surface area contributed by atoms with Crippen LogP contribution in [0.2, 0.25) is 0 Å². The number of allylic oxidation sites excluding steroid dienone is 1. The second-order valence-electron chi connectivity index (χ2n) is 1.50. The zero-order valence-electron chi connectivity index (χ0n) is 6.18. The summed E-state index contributed by atoms with van der Waals surface area (Å²) in [5.41, 5.74) is 0. The van der Waals surface area contributed by atoms with Crippen LogP contribution in [0.5, 0.6) is 0 Å². The third kappa shape index (κ3) is 2.44. The molecule has 0 atom stereocenters. The molecule has 0 bridgehead atoms. The van der Waals surface area contributed by atoms with Crippen LogP contribution in [0, 0.1) is 0 Å². The molecular formula is C7H11NO2. The molecule has 10 heavy (non-hydrogen) atoms. The van der Waals surface area contributed by atoms with E-state index in [-0.39, 0.29) is 12.2 Å². The minimum atomic E-state index is -0.507. The first-order valence-electron chi connectivity index (χ1n) is 3.29. The van der Waals surface area contributed by atoms with Gasteiger partial charge in [-0.2, -0.15) is 0 Å². The van der Waals surface area contributed by atoms with Gasteiger partial charge in [0.1, 0.15) is 0 Å². The van der Waals surface area contributed by atoms with Gasteiger partial charge in [-0.05, 0) is 0 Å². The predicted molar refractivity (Wildman–Crippen MR) is 38.3 cm³/mol. The highest BCUT2D eigenvalue weighted by molar-refractivity contribution is 6.37. The average molecular weight is 141 g/mol. The Hall–Kier alpha value is -1.12. The van der Waals surface area contributed by atoms with Crippen molar-refractivity contribution < 1.29 is 9.59 Å². The van der Waals surface area contributed by atoms with Gasteiger partial charge in [0.05, 0.1) is 0 Å². The van der Waals surface area contributed by atoms with E-state index in [1.54, 1.807) is 6.08 Å². The number of ketones is 1. The van der Waals surface area contributed by atoms with Crippen molar-refractivity contribution in [1.82, 2.24) is 5.32 Å². The topological polar surface area (TPSA) is 46.2 Å². The van der Waals surface area contributed by atoms with Crippen molar-refractivity contribution in [3.05, 3.63) is 12.3 Å². The Morgan fingerprint density at radius 2 is 2.00 bits per heavy atom. The summed E-state index contributed by atoms with van der Waals surface area (Å²) in [5, 5.41) is 2.26. The van der Waals surface area contributed by atoms with E-state index in [0.717, 1.165) is 0 Å². The number of Topliss-reactive ketones (excluding diaryl/α,β-unsaturated/α-hetero) is 1. The molecule has 1 rings (SSSR count). The van der Waals surface area contributed by atoms with Gasteiger partial charge in [-0.25, -0.2) is 0 Å². The minimum absolute atomic E-state index is 0.242. The summed E-state index contributed by atoms with van der Waals surface area (Å²) in [7, 11) is 0. The first-order chi connectivity index (χ1) is 4.80. The summed E-state index contributed by atoms with van der Waals surface area (Å²) in [6, 6.07) is 0. The Bertz CT molecular complexity index is 143. The Balaban J connectivity index is 0.000000371. The number of nitrogens with one attached hydrogen (secondary N) is 1. The third-order valence-electron chi connectivity index (χ3n) is 0.889. The number of hydrogen-bond acceptors (Lipinski definition) is 2.